The Balaban J connectivity index is 1.90. The molecule has 0 radical (unpaired) electrons. The highest BCUT2D eigenvalue weighted by atomic mass is 32.1. The number of allylic oxidation sites excluding steroid dienone is 2. The first-order valence-corrected chi connectivity index (χ1v) is 16.6. The van der Waals surface area contributed by atoms with Crippen molar-refractivity contribution in [3.8, 4) is 12.1 Å². The van der Waals surface area contributed by atoms with Gasteiger partial charge in [-0.15, -0.1) is 21.6 Å². The van der Waals surface area contributed by atoms with Crippen molar-refractivity contribution in [2.45, 2.75) is 59.3 Å². The maximum Gasteiger partial charge on any atom is 0.307 e. The lowest BCUT2D eigenvalue weighted by molar-refractivity contribution is -0.152. The zero-order chi connectivity index (χ0) is 34.4. The van der Waals surface area contributed by atoms with Gasteiger partial charge in [0.25, 0.3) is 0 Å². The second-order valence-electron chi connectivity index (χ2n) is 10.7. The molecule has 47 heavy (non-hydrogen) atoms. The maximum atomic E-state index is 12.2. The number of rotatable bonds is 23. The van der Waals surface area contributed by atoms with Crippen LogP contribution in [0.2, 0.25) is 0 Å². The Labute approximate surface area is 280 Å². The lowest BCUT2D eigenvalue weighted by Crippen LogP contribution is -2.31. The number of aliphatic hydroxyl groups is 1. The van der Waals surface area contributed by atoms with Gasteiger partial charge in [0, 0.05) is 18.8 Å². The number of aryl methyl sites for hydroxylation is 1. The van der Waals surface area contributed by atoms with Crippen molar-refractivity contribution >= 4 is 39.7 Å². The summed E-state index contributed by atoms with van der Waals surface area (Å²) in [7, 11) is 0. The number of azo groups is 1. The molecule has 0 aliphatic heterocycles. The number of aliphatic hydroxyl groups excluding tert-OH is 1. The number of esters is 1. The highest BCUT2D eigenvalue weighted by molar-refractivity contribution is 7.16. The van der Waals surface area contributed by atoms with Crippen molar-refractivity contribution in [3.63, 3.8) is 0 Å². The molecule has 0 spiro atoms. The van der Waals surface area contributed by atoms with Gasteiger partial charge in [-0.2, -0.15) is 10.5 Å². The van der Waals surface area contributed by atoms with E-state index >= 15 is 0 Å². The normalized spacial score (nSPS) is 11.9. The number of thiophene rings is 1. The summed E-state index contributed by atoms with van der Waals surface area (Å²) in [6.45, 7) is 7.81. The van der Waals surface area contributed by atoms with Crippen LogP contribution >= 0.6 is 11.3 Å². The minimum atomic E-state index is -1.02. The van der Waals surface area contributed by atoms with Crippen LogP contribution in [0.15, 0.2) is 40.6 Å². The second kappa shape index (κ2) is 22.4. The standard InChI is InChI=1S/C34H45N5O7S/c1-4-5-6-7-8-9-10-27(34(42)43)22-32(41)46-20-19-45-17-14-39(13-16-44-18-15-40)28-11-12-30(25(2)21-28)37-38-33-29(23-35)26(3)31(24-36)47-33/h8-9,11-12,21,27,40H,4-7,10,13-20,22H2,1-3H3,(H,42,43)/b9-8+,38-37?. The van der Waals surface area contributed by atoms with E-state index in [9.17, 15) is 25.2 Å². The molecule has 1 aromatic carbocycles. The average Bonchev–Trinajstić information content (AvgIpc) is 3.37. The van der Waals surface area contributed by atoms with Gasteiger partial charge in [0.1, 0.15) is 23.6 Å². The van der Waals surface area contributed by atoms with Gasteiger partial charge in [-0.1, -0.05) is 31.9 Å². The smallest absolute Gasteiger partial charge is 0.307 e. The lowest BCUT2D eigenvalue weighted by Gasteiger charge is -2.25. The molecule has 12 nitrogen and oxygen atoms in total. The van der Waals surface area contributed by atoms with Crippen molar-refractivity contribution in [2.75, 3.05) is 57.6 Å². The van der Waals surface area contributed by atoms with Gasteiger partial charge in [0.05, 0.1) is 56.6 Å². The third-order valence-corrected chi connectivity index (χ3v) is 8.28. The van der Waals surface area contributed by atoms with E-state index in [4.69, 9.17) is 19.3 Å². The van der Waals surface area contributed by atoms with Crippen LogP contribution in [0.25, 0.3) is 0 Å². The summed E-state index contributed by atoms with van der Waals surface area (Å²) in [5.41, 5.74) is 3.30. The average molecular weight is 668 g/mol. The number of carboxylic acids is 1. The van der Waals surface area contributed by atoms with Crippen LogP contribution in [-0.2, 0) is 23.8 Å². The van der Waals surface area contributed by atoms with Crippen LogP contribution in [-0.4, -0.2) is 74.9 Å². The molecule has 1 atom stereocenters. The molecule has 0 aliphatic rings. The molecule has 0 amide bonds. The number of benzene rings is 1. The summed E-state index contributed by atoms with van der Waals surface area (Å²) in [5.74, 6) is -2.42. The SMILES string of the molecule is CCCCC/C=C/CC(CC(=O)OCCOCCN(CCOCCO)c1ccc(N=Nc2sc(C#N)c(C)c2C#N)c(C)c1)C(=O)O. The molecule has 2 aromatic rings. The first-order chi connectivity index (χ1) is 22.7. The van der Waals surface area contributed by atoms with Crippen LogP contribution in [0.1, 0.15) is 67.0 Å². The third kappa shape index (κ3) is 14.0. The van der Waals surface area contributed by atoms with Crippen LogP contribution in [0.3, 0.4) is 0 Å². The largest absolute Gasteiger partial charge is 0.481 e. The van der Waals surface area contributed by atoms with E-state index in [2.05, 4.69) is 34.2 Å². The van der Waals surface area contributed by atoms with Gasteiger partial charge in [0.15, 0.2) is 5.00 Å². The van der Waals surface area contributed by atoms with E-state index in [-0.39, 0.29) is 39.3 Å². The van der Waals surface area contributed by atoms with E-state index in [1.54, 1.807) is 6.92 Å². The number of carbonyl (C=O) groups is 2. The number of hydrogen-bond donors (Lipinski definition) is 2. The van der Waals surface area contributed by atoms with Crippen LogP contribution in [0.5, 0.6) is 0 Å². The first-order valence-electron chi connectivity index (χ1n) is 15.8. The number of ether oxygens (including phenoxy) is 3. The van der Waals surface area contributed by atoms with E-state index in [0.29, 0.717) is 53.0 Å². The second-order valence-corrected chi connectivity index (χ2v) is 11.7. The Morgan fingerprint density at radius 1 is 1.02 bits per heavy atom. The zero-order valence-electron chi connectivity index (χ0n) is 27.4. The van der Waals surface area contributed by atoms with Crippen LogP contribution in [0.4, 0.5) is 16.4 Å². The van der Waals surface area contributed by atoms with Crippen molar-refractivity contribution in [1.29, 1.82) is 10.5 Å². The van der Waals surface area contributed by atoms with Crippen molar-refractivity contribution in [1.82, 2.24) is 0 Å². The van der Waals surface area contributed by atoms with Crippen LogP contribution < -0.4 is 4.90 Å². The molecule has 0 fully saturated rings. The fraction of sp³-hybridized carbons (Fsp3) is 0.529. The molecule has 2 N–H and O–H groups in total. The predicted octanol–water partition coefficient (Wildman–Crippen LogP) is 6.52. The maximum absolute atomic E-state index is 12.2. The Morgan fingerprint density at radius 3 is 2.40 bits per heavy atom. The van der Waals surface area contributed by atoms with Crippen molar-refractivity contribution < 1.29 is 34.0 Å². The number of nitriles is 2. The number of anilines is 1. The Bertz CT molecular complexity index is 1430. The number of nitrogens with zero attached hydrogens (tertiary/aromatic N) is 5. The van der Waals surface area contributed by atoms with E-state index < -0.39 is 17.9 Å². The van der Waals surface area contributed by atoms with Gasteiger partial charge in [0.2, 0.25) is 0 Å². The molecule has 1 unspecified atom stereocenters. The van der Waals surface area contributed by atoms with E-state index in [1.165, 1.54) is 0 Å². The molecular formula is C34H45N5O7S. The number of hydrogen-bond acceptors (Lipinski definition) is 12. The summed E-state index contributed by atoms with van der Waals surface area (Å²) in [6, 6.07) is 9.84. The number of unbranched alkanes of at least 4 members (excludes halogenated alkanes) is 3. The topological polar surface area (TPSA) is 178 Å². The molecule has 1 heterocycles. The van der Waals surface area contributed by atoms with Gasteiger partial charge in [-0.3, -0.25) is 9.59 Å². The first kappa shape index (κ1) is 39.0. The van der Waals surface area contributed by atoms with Gasteiger partial charge >= 0.3 is 11.9 Å². The monoisotopic (exact) mass is 667 g/mol. The molecule has 2 rings (SSSR count). The minimum absolute atomic E-state index is 0.0175. The Kier molecular flexibility index (Phi) is 18.6. The molecule has 13 heteroatoms. The fourth-order valence-corrected chi connectivity index (χ4v) is 5.36. The molecule has 0 saturated carbocycles. The molecule has 0 saturated heterocycles. The minimum Gasteiger partial charge on any atom is -0.481 e. The number of carboxylic acid groups (broad SMARTS) is 1. The highest BCUT2D eigenvalue weighted by Crippen LogP contribution is 2.36. The number of carbonyl (C=O) groups excluding carboxylic acids is 1. The van der Waals surface area contributed by atoms with Gasteiger partial charge in [-0.05, 0) is 62.4 Å². The fourth-order valence-electron chi connectivity index (χ4n) is 4.48. The van der Waals surface area contributed by atoms with Gasteiger partial charge < -0.3 is 29.3 Å². The van der Waals surface area contributed by atoms with E-state index in [0.717, 1.165) is 48.3 Å². The lowest BCUT2D eigenvalue weighted by atomic mass is 10.0. The van der Waals surface area contributed by atoms with Crippen molar-refractivity contribution in [2.24, 2.45) is 16.1 Å². The highest BCUT2D eigenvalue weighted by Gasteiger charge is 2.21. The molecule has 254 valence electrons. The Morgan fingerprint density at radius 2 is 1.77 bits per heavy atom. The summed E-state index contributed by atoms with van der Waals surface area (Å²) in [6.07, 6.45) is 8.11. The predicted molar refractivity (Wildman–Crippen MR) is 179 cm³/mol. The van der Waals surface area contributed by atoms with Crippen molar-refractivity contribution in [3.05, 3.63) is 51.9 Å². The summed E-state index contributed by atoms with van der Waals surface area (Å²) >= 11 is 1.13. The molecule has 1 aromatic heterocycles. The molecule has 0 bridgehead atoms. The Hall–Kier alpha value is -4.14. The zero-order valence-corrected chi connectivity index (χ0v) is 28.3. The summed E-state index contributed by atoms with van der Waals surface area (Å²) in [5, 5.41) is 46.2. The number of aliphatic carboxylic acids is 1. The van der Waals surface area contributed by atoms with Crippen LogP contribution in [0, 0.1) is 42.4 Å². The third-order valence-electron chi connectivity index (χ3n) is 7.20. The van der Waals surface area contributed by atoms with Gasteiger partial charge in [-0.25, -0.2) is 0 Å². The quantitative estimate of drug-likeness (QED) is 0.0574. The summed E-state index contributed by atoms with van der Waals surface area (Å²) in [4.78, 5) is 26.3. The summed E-state index contributed by atoms with van der Waals surface area (Å²) < 4.78 is 16.4. The molecular weight excluding hydrogens is 622 g/mol. The van der Waals surface area contributed by atoms with E-state index in [1.807, 2.05) is 37.3 Å². The molecule has 0 aliphatic carbocycles.